The molecule has 10 heteroatoms. The Morgan fingerprint density at radius 3 is 2.77 bits per heavy atom. The number of thiophene rings is 1. The summed E-state index contributed by atoms with van der Waals surface area (Å²) in [5, 5.41) is 16.3. The summed E-state index contributed by atoms with van der Waals surface area (Å²) in [4.78, 5) is 14.4. The molecule has 0 radical (unpaired) electrons. The maximum atomic E-state index is 12.3. The van der Waals surface area contributed by atoms with Gasteiger partial charge in [-0.3, -0.25) is 10.2 Å². The first-order valence-electron chi connectivity index (χ1n) is 11.1. The Labute approximate surface area is 218 Å². The summed E-state index contributed by atoms with van der Waals surface area (Å²) in [7, 11) is 0. The lowest BCUT2D eigenvalue weighted by Gasteiger charge is -2.21. The van der Waals surface area contributed by atoms with Crippen LogP contribution in [0.15, 0.2) is 53.9 Å². The molecule has 186 valence electrons. The van der Waals surface area contributed by atoms with Crippen molar-refractivity contribution in [3.63, 3.8) is 0 Å². The fourth-order valence-corrected chi connectivity index (χ4v) is 4.79. The smallest absolute Gasteiger partial charge is 0.418 e. The van der Waals surface area contributed by atoms with Gasteiger partial charge in [-0.15, -0.1) is 11.3 Å². The second-order valence-electron chi connectivity index (χ2n) is 8.28. The highest BCUT2D eigenvalue weighted by Gasteiger charge is 2.26. The van der Waals surface area contributed by atoms with Gasteiger partial charge in [-0.25, -0.2) is 4.79 Å². The van der Waals surface area contributed by atoms with E-state index in [1.54, 1.807) is 35.7 Å². The van der Waals surface area contributed by atoms with Gasteiger partial charge in [0.2, 0.25) is 5.06 Å². The number of halogens is 2. The Bertz CT molecular complexity index is 1140. The van der Waals surface area contributed by atoms with Crippen LogP contribution in [0.5, 0.6) is 16.6 Å². The van der Waals surface area contributed by atoms with E-state index in [9.17, 15) is 9.90 Å². The molecule has 3 aromatic rings. The van der Waals surface area contributed by atoms with Crippen molar-refractivity contribution in [2.75, 3.05) is 31.6 Å². The highest BCUT2D eigenvalue weighted by Crippen LogP contribution is 2.32. The zero-order chi connectivity index (χ0) is 24.8. The Morgan fingerprint density at radius 1 is 1.23 bits per heavy atom. The van der Waals surface area contributed by atoms with E-state index in [1.165, 1.54) is 11.3 Å². The third kappa shape index (κ3) is 7.49. The number of rotatable bonds is 9. The number of hydrogen-bond acceptors (Lipinski definition) is 7. The molecule has 1 aliphatic heterocycles. The number of amides is 1. The predicted octanol–water partition coefficient (Wildman–Crippen LogP) is 5.87. The van der Waals surface area contributed by atoms with Gasteiger partial charge in [0.05, 0.1) is 10.7 Å². The van der Waals surface area contributed by atoms with E-state index >= 15 is 0 Å². The van der Waals surface area contributed by atoms with Crippen molar-refractivity contribution >= 4 is 46.3 Å². The molecule has 7 nitrogen and oxygen atoms in total. The maximum absolute atomic E-state index is 12.3. The molecule has 0 saturated carbocycles. The third-order valence-corrected chi connectivity index (χ3v) is 6.84. The molecule has 0 spiro atoms. The van der Waals surface area contributed by atoms with E-state index in [0.717, 1.165) is 24.3 Å². The van der Waals surface area contributed by atoms with Gasteiger partial charge in [0.15, 0.2) is 0 Å². The van der Waals surface area contributed by atoms with Crippen LogP contribution in [0, 0.1) is 6.92 Å². The zero-order valence-corrected chi connectivity index (χ0v) is 21.4. The fraction of sp³-hybridized carbons (Fsp3) is 0.320. The lowest BCUT2D eigenvalue weighted by atomic mass is 10.2. The van der Waals surface area contributed by atoms with Crippen molar-refractivity contribution < 1.29 is 24.1 Å². The van der Waals surface area contributed by atoms with Crippen molar-refractivity contribution in [1.29, 1.82) is 0 Å². The van der Waals surface area contributed by atoms with E-state index in [4.69, 9.17) is 37.4 Å². The largest absolute Gasteiger partial charge is 0.489 e. The number of β-amino-alcohol motifs (C(OH)–C–C–N with tert-alkyl or cyclic N) is 1. The van der Waals surface area contributed by atoms with Gasteiger partial charge in [-0.1, -0.05) is 29.3 Å². The molecular formula is C25H26Cl2N2O5S. The molecule has 0 bridgehead atoms. The highest BCUT2D eigenvalue weighted by atomic mass is 35.5. The van der Waals surface area contributed by atoms with Gasteiger partial charge < -0.3 is 19.3 Å². The van der Waals surface area contributed by atoms with Crippen LogP contribution in [0.3, 0.4) is 0 Å². The minimum absolute atomic E-state index is 0.0553. The Kier molecular flexibility index (Phi) is 8.75. The van der Waals surface area contributed by atoms with E-state index in [0.29, 0.717) is 39.6 Å². The SMILES string of the molecule is Cc1ccc(NC(=O)Oc2sccc2Cl)c(OCC(O)CN2CCC(Oc3ccc(Cl)cc3)C2)c1. The van der Waals surface area contributed by atoms with Gasteiger partial charge in [-0.05, 0) is 66.8 Å². The Balaban J connectivity index is 1.26. The van der Waals surface area contributed by atoms with E-state index in [2.05, 4.69) is 10.2 Å². The van der Waals surface area contributed by atoms with Crippen molar-refractivity contribution in [3.8, 4) is 16.6 Å². The van der Waals surface area contributed by atoms with Crippen molar-refractivity contribution in [2.24, 2.45) is 0 Å². The summed E-state index contributed by atoms with van der Waals surface area (Å²) in [6.45, 7) is 3.98. The van der Waals surface area contributed by atoms with E-state index < -0.39 is 12.2 Å². The topological polar surface area (TPSA) is 80.3 Å². The number of nitrogens with zero attached hydrogens (tertiary/aromatic N) is 1. The second kappa shape index (κ2) is 12.0. The molecule has 1 aliphatic rings. The first kappa shape index (κ1) is 25.6. The minimum Gasteiger partial charge on any atom is -0.489 e. The van der Waals surface area contributed by atoms with Gasteiger partial charge in [0.1, 0.15) is 30.3 Å². The van der Waals surface area contributed by atoms with Crippen molar-refractivity contribution in [3.05, 3.63) is 69.5 Å². The van der Waals surface area contributed by atoms with Crippen molar-refractivity contribution in [2.45, 2.75) is 25.6 Å². The molecule has 4 rings (SSSR count). The highest BCUT2D eigenvalue weighted by molar-refractivity contribution is 7.12. The molecule has 2 N–H and O–H groups in total. The van der Waals surface area contributed by atoms with Crippen LogP contribution < -0.4 is 19.5 Å². The molecule has 2 atom stereocenters. The Hall–Kier alpha value is -2.49. The molecule has 1 fully saturated rings. The molecule has 1 saturated heterocycles. The molecule has 1 aromatic heterocycles. The lowest BCUT2D eigenvalue weighted by Crippen LogP contribution is -2.35. The number of carbonyl (C=O) groups excluding carboxylic acids is 1. The first-order valence-corrected chi connectivity index (χ1v) is 12.8. The summed E-state index contributed by atoms with van der Waals surface area (Å²) in [5.41, 5.74) is 1.40. The molecular weight excluding hydrogens is 511 g/mol. The van der Waals surface area contributed by atoms with Crippen LogP contribution in [0.25, 0.3) is 0 Å². The normalized spacial score (nSPS) is 16.6. The summed E-state index contributed by atoms with van der Waals surface area (Å²) >= 11 is 13.1. The zero-order valence-electron chi connectivity index (χ0n) is 19.1. The summed E-state index contributed by atoms with van der Waals surface area (Å²) in [6.07, 6.45) is -0.458. The van der Waals surface area contributed by atoms with E-state index in [1.807, 2.05) is 25.1 Å². The number of anilines is 1. The van der Waals surface area contributed by atoms with Gasteiger partial charge >= 0.3 is 6.09 Å². The summed E-state index contributed by atoms with van der Waals surface area (Å²) in [5.74, 6) is 1.23. The number of likely N-dealkylation sites (tertiary alicyclic amines) is 1. The van der Waals surface area contributed by atoms with Crippen LogP contribution in [0.2, 0.25) is 10.0 Å². The molecule has 0 aliphatic carbocycles. The second-order valence-corrected chi connectivity index (χ2v) is 10.00. The summed E-state index contributed by atoms with van der Waals surface area (Å²) in [6, 6.07) is 14.3. The molecule has 2 aromatic carbocycles. The van der Waals surface area contributed by atoms with E-state index in [-0.39, 0.29) is 12.7 Å². The van der Waals surface area contributed by atoms with Crippen LogP contribution in [0.1, 0.15) is 12.0 Å². The van der Waals surface area contributed by atoms with Gasteiger partial charge in [-0.2, -0.15) is 0 Å². The van der Waals surface area contributed by atoms with Crippen LogP contribution in [-0.2, 0) is 0 Å². The van der Waals surface area contributed by atoms with Gasteiger partial charge in [0, 0.05) is 24.7 Å². The number of ether oxygens (including phenoxy) is 3. The molecule has 2 unspecified atom stereocenters. The predicted molar refractivity (Wildman–Crippen MR) is 139 cm³/mol. The number of benzene rings is 2. The molecule has 35 heavy (non-hydrogen) atoms. The average molecular weight is 537 g/mol. The third-order valence-electron chi connectivity index (χ3n) is 5.39. The standard InChI is InChI=1S/C25H26Cl2N2O5S/c1-16-2-7-22(28-25(31)34-24-21(27)9-11-35-24)23(12-16)32-15-18(30)13-29-10-8-20(14-29)33-19-5-3-17(26)4-6-19/h2-7,9,11-12,18,20,30H,8,10,13-15H2,1H3,(H,28,31). The monoisotopic (exact) mass is 536 g/mol. The van der Waals surface area contributed by atoms with Crippen molar-refractivity contribution in [1.82, 2.24) is 4.90 Å². The summed E-state index contributed by atoms with van der Waals surface area (Å²) < 4.78 is 17.1. The number of aryl methyl sites for hydroxylation is 1. The number of nitrogens with one attached hydrogen (secondary N) is 1. The molecule has 1 amide bonds. The number of hydrogen-bond donors (Lipinski definition) is 2. The quantitative estimate of drug-likeness (QED) is 0.356. The first-order chi connectivity index (χ1) is 16.9. The molecule has 2 heterocycles. The average Bonchev–Trinajstić information content (AvgIpc) is 3.43. The Morgan fingerprint density at radius 2 is 2.03 bits per heavy atom. The van der Waals surface area contributed by atoms with Gasteiger partial charge in [0.25, 0.3) is 0 Å². The van der Waals surface area contributed by atoms with Crippen LogP contribution in [-0.4, -0.2) is 54.5 Å². The lowest BCUT2D eigenvalue weighted by molar-refractivity contribution is 0.0722. The maximum Gasteiger partial charge on any atom is 0.418 e. The fourth-order valence-electron chi connectivity index (χ4n) is 3.73. The minimum atomic E-state index is -0.713. The number of aliphatic hydroxyl groups is 1. The number of aliphatic hydroxyl groups excluding tert-OH is 1. The van der Waals surface area contributed by atoms with Crippen LogP contribution in [0.4, 0.5) is 10.5 Å². The van der Waals surface area contributed by atoms with Crippen LogP contribution >= 0.6 is 34.5 Å². The number of carbonyl (C=O) groups is 1.